The molecule has 0 spiro atoms. The zero-order chi connectivity index (χ0) is 15.8. The van der Waals surface area contributed by atoms with E-state index in [9.17, 15) is 0 Å². The zero-order valence-corrected chi connectivity index (χ0v) is 14.7. The number of rotatable bonds is 10. The van der Waals surface area contributed by atoms with Gasteiger partial charge in [0.15, 0.2) is 0 Å². The molecule has 0 bridgehead atoms. The summed E-state index contributed by atoms with van der Waals surface area (Å²) in [5.41, 5.74) is 1.32. The van der Waals surface area contributed by atoms with Crippen LogP contribution >= 0.6 is 0 Å². The molecule has 1 aromatic rings. The molecule has 1 N–H and O–H groups in total. The van der Waals surface area contributed by atoms with E-state index in [1.54, 1.807) is 0 Å². The fourth-order valence-corrected chi connectivity index (χ4v) is 2.34. The maximum absolute atomic E-state index is 5.86. The molecule has 0 radical (unpaired) electrons. The minimum absolute atomic E-state index is 0.483. The molecule has 0 aliphatic rings. The number of aryl methyl sites for hydroxylation is 1. The predicted molar refractivity (Wildman–Crippen MR) is 89.5 cm³/mol. The minimum atomic E-state index is 0.483. The first-order valence-corrected chi connectivity index (χ1v) is 8.11. The van der Waals surface area contributed by atoms with Gasteiger partial charge in [0.1, 0.15) is 11.5 Å². The average Bonchev–Trinajstić information content (AvgIpc) is 2.75. The molecule has 0 atom stereocenters. The molecule has 0 aromatic carbocycles. The van der Waals surface area contributed by atoms with E-state index in [2.05, 4.69) is 63.0 Å². The first-order chi connectivity index (χ1) is 9.92. The van der Waals surface area contributed by atoms with E-state index in [1.165, 1.54) is 12.0 Å². The Labute approximate surface area is 130 Å². The Bertz CT molecular complexity index is 399. The number of nitrogens with one attached hydrogen (secondary N) is 1. The van der Waals surface area contributed by atoms with Crippen LogP contribution in [0.5, 0.6) is 0 Å². The minimum Gasteiger partial charge on any atom is -0.465 e. The van der Waals surface area contributed by atoms with E-state index in [-0.39, 0.29) is 0 Å². The molecule has 0 aliphatic carbocycles. The molecule has 0 fully saturated rings. The van der Waals surface area contributed by atoms with Crippen LogP contribution in [0.25, 0.3) is 0 Å². The molecule has 4 nitrogen and oxygen atoms in total. The van der Waals surface area contributed by atoms with Crippen LogP contribution in [0.15, 0.2) is 10.5 Å². The van der Waals surface area contributed by atoms with E-state index < -0.39 is 0 Å². The predicted octanol–water partition coefficient (Wildman–Crippen LogP) is 2.86. The van der Waals surface area contributed by atoms with Crippen molar-refractivity contribution >= 4 is 0 Å². The lowest BCUT2D eigenvalue weighted by Gasteiger charge is -2.21. The quantitative estimate of drug-likeness (QED) is 0.719. The van der Waals surface area contributed by atoms with Crippen molar-refractivity contribution in [1.82, 2.24) is 15.1 Å². The van der Waals surface area contributed by atoms with Gasteiger partial charge < -0.3 is 14.6 Å². The summed E-state index contributed by atoms with van der Waals surface area (Å²) in [4.78, 5) is 4.73. The Kier molecular flexibility index (Phi) is 8.01. The molecule has 0 unspecified atom stereocenters. The summed E-state index contributed by atoms with van der Waals surface area (Å²) in [6, 6.07) is 2.69. The van der Waals surface area contributed by atoms with Gasteiger partial charge in [0.25, 0.3) is 0 Å². The van der Waals surface area contributed by atoms with E-state index in [0.717, 1.165) is 44.2 Å². The summed E-state index contributed by atoms with van der Waals surface area (Å²) in [5, 5.41) is 3.40. The summed E-state index contributed by atoms with van der Waals surface area (Å²) >= 11 is 0. The van der Waals surface area contributed by atoms with Crippen molar-refractivity contribution in [1.29, 1.82) is 0 Å². The molecule has 0 aliphatic heterocycles. The van der Waals surface area contributed by atoms with Crippen LogP contribution < -0.4 is 5.32 Å². The second-order valence-corrected chi connectivity index (χ2v) is 6.36. The summed E-state index contributed by atoms with van der Waals surface area (Å²) in [5.74, 6) is 2.10. The fraction of sp³-hybridized carbons (Fsp3) is 0.765. The summed E-state index contributed by atoms with van der Waals surface area (Å²) < 4.78 is 5.86. The van der Waals surface area contributed by atoms with Gasteiger partial charge in [-0.2, -0.15) is 0 Å². The molecule has 0 saturated heterocycles. The lowest BCUT2D eigenvalue weighted by atomic mass is 10.2. The van der Waals surface area contributed by atoms with Gasteiger partial charge in [-0.15, -0.1) is 0 Å². The Balaban J connectivity index is 2.51. The first kappa shape index (κ1) is 18.2. The first-order valence-electron chi connectivity index (χ1n) is 8.11. The van der Waals surface area contributed by atoms with E-state index in [1.807, 2.05) is 0 Å². The van der Waals surface area contributed by atoms with Gasteiger partial charge in [-0.3, -0.25) is 4.90 Å². The van der Waals surface area contributed by atoms with Crippen molar-refractivity contribution < 1.29 is 4.42 Å². The SMILES string of the molecule is CCN(CCCN(C)C)Cc1cc(CNC(C)C)oc1C. The third kappa shape index (κ3) is 7.11. The van der Waals surface area contributed by atoms with Gasteiger partial charge in [-0.25, -0.2) is 0 Å². The van der Waals surface area contributed by atoms with Crippen LogP contribution in [-0.4, -0.2) is 49.6 Å². The lowest BCUT2D eigenvalue weighted by molar-refractivity contribution is 0.258. The van der Waals surface area contributed by atoms with Crippen LogP contribution in [0.1, 0.15) is 44.3 Å². The number of hydrogen-bond acceptors (Lipinski definition) is 4. The topological polar surface area (TPSA) is 31.6 Å². The third-order valence-electron chi connectivity index (χ3n) is 3.68. The highest BCUT2D eigenvalue weighted by Gasteiger charge is 2.11. The Morgan fingerprint density at radius 2 is 1.95 bits per heavy atom. The summed E-state index contributed by atoms with van der Waals surface area (Å²) in [6.07, 6.45) is 1.21. The normalized spacial score (nSPS) is 12.0. The Morgan fingerprint density at radius 3 is 2.52 bits per heavy atom. The van der Waals surface area contributed by atoms with Gasteiger partial charge in [0.2, 0.25) is 0 Å². The van der Waals surface area contributed by atoms with Gasteiger partial charge in [0, 0.05) is 18.2 Å². The van der Waals surface area contributed by atoms with Crippen LogP contribution in [0, 0.1) is 6.92 Å². The largest absolute Gasteiger partial charge is 0.465 e. The van der Waals surface area contributed by atoms with E-state index >= 15 is 0 Å². The fourth-order valence-electron chi connectivity index (χ4n) is 2.34. The van der Waals surface area contributed by atoms with Crippen molar-refractivity contribution in [3.63, 3.8) is 0 Å². The van der Waals surface area contributed by atoms with E-state index in [0.29, 0.717) is 6.04 Å². The molecule has 0 saturated carbocycles. The van der Waals surface area contributed by atoms with Crippen LogP contribution in [0.2, 0.25) is 0 Å². The van der Waals surface area contributed by atoms with Crippen LogP contribution in [-0.2, 0) is 13.1 Å². The smallest absolute Gasteiger partial charge is 0.118 e. The highest BCUT2D eigenvalue weighted by Crippen LogP contribution is 2.17. The number of furan rings is 1. The van der Waals surface area contributed by atoms with Crippen molar-refractivity contribution in [2.75, 3.05) is 33.7 Å². The van der Waals surface area contributed by atoms with Gasteiger partial charge >= 0.3 is 0 Å². The zero-order valence-electron chi connectivity index (χ0n) is 14.7. The van der Waals surface area contributed by atoms with Gasteiger partial charge in [-0.1, -0.05) is 20.8 Å². The van der Waals surface area contributed by atoms with Crippen molar-refractivity contribution in [2.45, 2.75) is 53.2 Å². The molecule has 4 heteroatoms. The maximum atomic E-state index is 5.86. The molecule has 0 amide bonds. The van der Waals surface area contributed by atoms with E-state index in [4.69, 9.17) is 4.42 Å². The molecule has 21 heavy (non-hydrogen) atoms. The summed E-state index contributed by atoms with van der Waals surface area (Å²) in [7, 11) is 4.26. The van der Waals surface area contributed by atoms with Crippen LogP contribution in [0.3, 0.4) is 0 Å². The molecule has 1 heterocycles. The van der Waals surface area contributed by atoms with Gasteiger partial charge in [-0.05, 0) is 53.1 Å². The summed E-state index contributed by atoms with van der Waals surface area (Å²) in [6.45, 7) is 13.8. The van der Waals surface area contributed by atoms with Gasteiger partial charge in [0.05, 0.1) is 6.54 Å². The molecule has 1 rings (SSSR count). The second-order valence-electron chi connectivity index (χ2n) is 6.36. The van der Waals surface area contributed by atoms with Crippen molar-refractivity contribution in [2.24, 2.45) is 0 Å². The van der Waals surface area contributed by atoms with Crippen molar-refractivity contribution in [3.05, 3.63) is 23.2 Å². The van der Waals surface area contributed by atoms with Crippen molar-refractivity contribution in [3.8, 4) is 0 Å². The number of nitrogens with zero attached hydrogens (tertiary/aromatic N) is 2. The van der Waals surface area contributed by atoms with Crippen LogP contribution in [0.4, 0.5) is 0 Å². The molecule has 1 aromatic heterocycles. The maximum Gasteiger partial charge on any atom is 0.118 e. The Morgan fingerprint density at radius 1 is 1.24 bits per heavy atom. The third-order valence-corrected chi connectivity index (χ3v) is 3.68. The standard InChI is InChI=1S/C17H33N3O/c1-7-20(10-8-9-19(5)6)13-16-11-17(21-15(16)4)12-18-14(2)3/h11,14,18H,7-10,12-13H2,1-6H3. The molecular weight excluding hydrogens is 262 g/mol. The lowest BCUT2D eigenvalue weighted by Crippen LogP contribution is -2.27. The highest BCUT2D eigenvalue weighted by molar-refractivity contribution is 5.20. The monoisotopic (exact) mass is 295 g/mol. The molecular formula is C17H33N3O. The highest BCUT2D eigenvalue weighted by atomic mass is 16.3. The molecule has 122 valence electrons. The average molecular weight is 295 g/mol. The number of hydrogen-bond donors (Lipinski definition) is 1. The second kappa shape index (κ2) is 9.23. The Hall–Kier alpha value is -0.840.